The number of hydrogen-bond donors (Lipinski definition) is 0. The summed E-state index contributed by atoms with van der Waals surface area (Å²) in [6, 6.07) is 10.4. The van der Waals surface area contributed by atoms with Crippen molar-refractivity contribution in [1.82, 2.24) is 19.6 Å². The van der Waals surface area contributed by atoms with Gasteiger partial charge in [-0.15, -0.1) is 0 Å². The minimum absolute atomic E-state index is 0.177. The lowest BCUT2D eigenvalue weighted by Crippen LogP contribution is -2.52. The Labute approximate surface area is 216 Å². The van der Waals surface area contributed by atoms with Gasteiger partial charge in [0.2, 0.25) is 0 Å². The van der Waals surface area contributed by atoms with Crippen molar-refractivity contribution in [1.29, 1.82) is 0 Å². The van der Waals surface area contributed by atoms with Gasteiger partial charge in [-0.3, -0.25) is 4.90 Å². The molecule has 3 heterocycles. The van der Waals surface area contributed by atoms with Gasteiger partial charge >= 0.3 is 12.2 Å². The summed E-state index contributed by atoms with van der Waals surface area (Å²) in [5.74, 6) is 0.722. The van der Waals surface area contributed by atoms with Crippen LogP contribution in [0, 0.1) is 5.92 Å². The fourth-order valence-corrected chi connectivity index (χ4v) is 5.53. The molecule has 3 saturated heterocycles. The first kappa shape index (κ1) is 26.7. The first-order chi connectivity index (χ1) is 17.3. The second kappa shape index (κ2) is 12.3. The van der Waals surface area contributed by atoms with Crippen LogP contribution in [0.2, 0.25) is 0 Å². The van der Waals surface area contributed by atoms with Crippen LogP contribution in [0.15, 0.2) is 30.3 Å². The van der Waals surface area contributed by atoms with E-state index >= 15 is 0 Å². The van der Waals surface area contributed by atoms with Gasteiger partial charge in [0, 0.05) is 51.9 Å². The highest BCUT2D eigenvalue weighted by Crippen LogP contribution is 2.25. The number of piperazine rings is 1. The predicted octanol–water partition coefficient (Wildman–Crippen LogP) is 4.05. The molecule has 0 aliphatic carbocycles. The zero-order chi connectivity index (χ0) is 25.5. The van der Waals surface area contributed by atoms with Crippen molar-refractivity contribution in [3.8, 4) is 0 Å². The molecule has 3 aliphatic rings. The summed E-state index contributed by atoms with van der Waals surface area (Å²) < 4.78 is 11.0. The van der Waals surface area contributed by atoms with E-state index in [1.807, 2.05) is 60.9 Å². The molecule has 3 fully saturated rings. The lowest BCUT2D eigenvalue weighted by atomic mass is 9.93. The number of likely N-dealkylation sites (tertiary alicyclic amines) is 2. The predicted molar refractivity (Wildman–Crippen MR) is 140 cm³/mol. The first-order valence-corrected chi connectivity index (χ1v) is 13.7. The number of nitrogens with zero attached hydrogens (tertiary/aromatic N) is 4. The van der Waals surface area contributed by atoms with Crippen molar-refractivity contribution >= 4 is 12.2 Å². The molecule has 0 unspecified atom stereocenters. The molecule has 0 saturated carbocycles. The van der Waals surface area contributed by atoms with Crippen molar-refractivity contribution in [2.75, 3.05) is 58.9 Å². The van der Waals surface area contributed by atoms with Gasteiger partial charge in [0.15, 0.2) is 0 Å². The summed E-state index contributed by atoms with van der Waals surface area (Å²) in [4.78, 5) is 33.6. The van der Waals surface area contributed by atoms with Crippen LogP contribution in [-0.4, -0.2) is 102 Å². The van der Waals surface area contributed by atoms with Gasteiger partial charge in [-0.25, -0.2) is 9.59 Å². The highest BCUT2D eigenvalue weighted by molar-refractivity contribution is 5.68. The zero-order valence-corrected chi connectivity index (χ0v) is 22.4. The standard InChI is InChI=1S/C28H44N4O4/c1-28(2,3)36-27(34)31-15-11-25(12-16-31)30-13-9-23(10-14-30)21-29-17-19-32(20-18-29)26(33)35-22-24-7-5-4-6-8-24/h4-8,23,25H,9-22H2,1-3H3. The Hall–Kier alpha value is -2.32. The van der Waals surface area contributed by atoms with Gasteiger partial charge < -0.3 is 24.2 Å². The molecule has 200 valence electrons. The fourth-order valence-electron chi connectivity index (χ4n) is 5.53. The minimum atomic E-state index is -0.436. The first-order valence-electron chi connectivity index (χ1n) is 13.7. The van der Waals surface area contributed by atoms with E-state index in [2.05, 4.69) is 9.80 Å². The lowest BCUT2D eigenvalue weighted by molar-refractivity contribution is 0.0108. The maximum atomic E-state index is 12.4. The van der Waals surface area contributed by atoms with Crippen LogP contribution in [-0.2, 0) is 16.1 Å². The number of piperidine rings is 2. The van der Waals surface area contributed by atoms with Crippen LogP contribution in [0.25, 0.3) is 0 Å². The molecule has 0 atom stereocenters. The molecule has 1 aromatic carbocycles. The maximum Gasteiger partial charge on any atom is 0.410 e. The van der Waals surface area contributed by atoms with Crippen molar-refractivity contribution in [3.05, 3.63) is 35.9 Å². The SMILES string of the molecule is CC(C)(C)OC(=O)N1CCC(N2CCC(CN3CCN(C(=O)OCc4ccccc4)CC3)CC2)CC1. The number of rotatable bonds is 5. The van der Waals surface area contributed by atoms with E-state index in [1.54, 1.807) is 0 Å². The summed E-state index contributed by atoms with van der Waals surface area (Å²) in [5, 5.41) is 0. The number of ether oxygens (including phenoxy) is 2. The largest absolute Gasteiger partial charge is 0.445 e. The number of carbonyl (C=O) groups excluding carboxylic acids is 2. The monoisotopic (exact) mass is 500 g/mol. The molecule has 0 N–H and O–H groups in total. The molecule has 2 amide bonds. The number of hydrogen-bond acceptors (Lipinski definition) is 6. The summed E-state index contributed by atoms with van der Waals surface area (Å²) in [6.07, 6.45) is 4.14. The Balaban J connectivity index is 1.10. The Bertz CT molecular complexity index is 835. The quantitative estimate of drug-likeness (QED) is 0.608. The average molecular weight is 501 g/mol. The molecule has 8 nitrogen and oxygen atoms in total. The van der Waals surface area contributed by atoms with Gasteiger partial charge in [-0.05, 0) is 71.0 Å². The van der Waals surface area contributed by atoms with Gasteiger partial charge in [0.05, 0.1) is 0 Å². The van der Waals surface area contributed by atoms with Crippen molar-refractivity contribution < 1.29 is 19.1 Å². The number of carbonyl (C=O) groups is 2. The third kappa shape index (κ3) is 7.84. The van der Waals surface area contributed by atoms with Crippen LogP contribution in [0.1, 0.15) is 52.0 Å². The molecule has 0 bridgehead atoms. The van der Waals surface area contributed by atoms with Gasteiger partial charge in [0.25, 0.3) is 0 Å². The van der Waals surface area contributed by atoms with E-state index in [-0.39, 0.29) is 12.2 Å². The fraction of sp³-hybridized carbons (Fsp3) is 0.714. The van der Waals surface area contributed by atoms with Gasteiger partial charge in [-0.1, -0.05) is 30.3 Å². The third-order valence-corrected chi connectivity index (χ3v) is 7.63. The molecule has 4 rings (SSSR count). The topological polar surface area (TPSA) is 65.6 Å². The molecule has 8 heteroatoms. The summed E-state index contributed by atoms with van der Waals surface area (Å²) in [5.41, 5.74) is 0.582. The van der Waals surface area contributed by atoms with Crippen molar-refractivity contribution in [2.24, 2.45) is 5.92 Å². The van der Waals surface area contributed by atoms with Crippen molar-refractivity contribution in [3.63, 3.8) is 0 Å². The molecule has 0 radical (unpaired) electrons. The lowest BCUT2D eigenvalue weighted by Gasteiger charge is -2.43. The Kier molecular flexibility index (Phi) is 9.12. The van der Waals surface area contributed by atoms with Gasteiger partial charge in [-0.2, -0.15) is 0 Å². The van der Waals surface area contributed by atoms with Crippen LogP contribution in [0.4, 0.5) is 9.59 Å². The van der Waals surface area contributed by atoms with E-state index in [4.69, 9.17) is 9.47 Å². The summed E-state index contributed by atoms with van der Waals surface area (Å²) >= 11 is 0. The molecule has 1 aromatic rings. The Morgan fingerprint density at radius 2 is 1.42 bits per heavy atom. The van der Waals surface area contributed by atoms with E-state index < -0.39 is 5.60 Å². The summed E-state index contributed by atoms with van der Waals surface area (Å²) in [6.45, 7) is 14.4. The van der Waals surface area contributed by atoms with Crippen molar-refractivity contribution in [2.45, 2.75) is 64.7 Å². The van der Waals surface area contributed by atoms with Crippen LogP contribution in [0.5, 0.6) is 0 Å². The molecule has 0 spiro atoms. The third-order valence-electron chi connectivity index (χ3n) is 7.63. The molecule has 3 aliphatic heterocycles. The average Bonchev–Trinajstić information content (AvgIpc) is 2.88. The highest BCUT2D eigenvalue weighted by Gasteiger charge is 2.32. The maximum absolute atomic E-state index is 12.4. The highest BCUT2D eigenvalue weighted by atomic mass is 16.6. The molecular formula is C28H44N4O4. The van der Waals surface area contributed by atoms with Crippen LogP contribution >= 0.6 is 0 Å². The number of benzene rings is 1. The normalized spacial score (nSPS) is 21.4. The van der Waals surface area contributed by atoms with Crippen LogP contribution < -0.4 is 0 Å². The second-order valence-electron chi connectivity index (χ2n) is 11.5. The molecule has 0 aromatic heterocycles. The van der Waals surface area contributed by atoms with Crippen LogP contribution in [0.3, 0.4) is 0 Å². The Morgan fingerprint density at radius 1 is 0.806 bits per heavy atom. The minimum Gasteiger partial charge on any atom is -0.445 e. The van der Waals surface area contributed by atoms with E-state index in [1.165, 1.54) is 12.8 Å². The van der Waals surface area contributed by atoms with Gasteiger partial charge in [0.1, 0.15) is 12.2 Å². The smallest absolute Gasteiger partial charge is 0.410 e. The van der Waals surface area contributed by atoms with E-state index in [0.29, 0.717) is 12.6 Å². The van der Waals surface area contributed by atoms with E-state index in [9.17, 15) is 9.59 Å². The van der Waals surface area contributed by atoms with E-state index in [0.717, 1.165) is 83.2 Å². The number of amides is 2. The molecule has 36 heavy (non-hydrogen) atoms. The summed E-state index contributed by atoms with van der Waals surface area (Å²) in [7, 11) is 0. The molecular weight excluding hydrogens is 456 g/mol. The Morgan fingerprint density at radius 3 is 2.03 bits per heavy atom. The zero-order valence-electron chi connectivity index (χ0n) is 22.4. The second-order valence-corrected chi connectivity index (χ2v) is 11.5.